The zero-order chi connectivity index (χ0) is 16.0. The van der Waals surface area contributed by atoms with Crippen molar-refractivity contribution in [3.8, 4) is 0 Å². The lowest BCUT2D eigenvalue weighted by molar-refractivity contribution is -0.384. The van der Waals surface area contributed by atoms with Gasteiger partial charge in [0.2, 0.25) is 5.91 Å². The SMILES string of the molecule is COC(=O)CC(NC(=O)CN)c1ccc(Cl)c([N+](=O)[O-])c1. The van der Waals surface area contributed by atoms with Gasteiger partial charge in [-0.3, -0.25) is 19.7 Å². The van der Waals surface area contributed by atoms with Gasteiger partial charge in [0.1, 0.15) is 5.02 Å². The van der Waals surface area contributed by atoms with Crippen LogP contribution in [-0.4, -0.2) is 30.5 Å². The summed E-state index contributed by atoms with van der Waals surface area (Å²) in [4.78, 5) is 33.0. The number of nitrogens with two attached hydrogens (primary N) is 1. The number of hydrogen-bond acceptors (Lipinski definition) is 6. The third kappa shape index (κ3) is 4.69. The zero-order valence-corrected chi connectivity index (χ0v) is 11.9. The molecule has 9 heteroatoms. The van der Waals surface area contributed by atoms with E-state index in [1.54, 1.807) is 0 Å². The number of esters is 1. The standard InChI is InChI=1S/C12H14ClN3O5/c1-21-12(18)5-9(15-11(17)6-14)7-2-3-8(13)10(4-7)16(19)20/h2-4,9H,5-6,14H2,1H3,(H,15,17). The van der Waals surface area contributed by atoms with Crippen LogP contribution in [0.25, 0.3) is 0 Å². The lowest BCUT2D eigenvalue weighted by atomic mass is 10.0. The first kappa shape index (κ1) is 16.9. The molecule has 3 N–H and O–H groups in total. The van der Waals surface area contributed by atoms with Gasteiger partial charge in [-0.05, 0) is 11.6 Å². The van der Waals surface area contributed by atoms with Gasteiger partial charge in [0, 0.05) is 6.07 Å². The molecule has 1 aromatic carbocycles. The zero-order valence-electron chi connectivity index (χ0n) is 11.2. The van der Waals surface area contributed by atoms with Crippen molar-refractivity contribution in [3.05, 3.63) is 38.9 Å². The number of carbonyl (C=O) groups excluding carboxylic acids is 2. The number of benzene rings is 1. The minimum atomic E-state index is -0.788. The lowest BCUT2D eigenvalue weighted by Gasteiger charge is -2.17. The van der Waals surface area contributed by atoms with E-state index in [9.17, 15) is 19.7 Å². The second-order valence-electron chi connectivity index (χ2n) is 4.07. The van der Waals surface area contributed by atoms with Crippen LogP contribution in [0.2, 0.25) is 5.02 Å². The van der Waals surface area contributed by atoms with Crippen molar-refractivity contribution in [2.75, 3.05) is 13.7 Å². The van der Waals surface area contributed by atoms with E-state index in [1.807, 2.05) is 0 Å². The normalized spacial score (nSPS) is 11.6. The van der Waals surface area contributed by atoms with Crippen LogP contribution in [0.5, 0.6) is 0 Å². The largest absolute Gasteiger partial charge is 0.469 e. The smallest absolute Gasteiger partial charge is 0.307 e. The van der Waals surface area contributed by atoms with Crippen LogP contribution in [0.3, 0.4) is 0 Å². The van der Waals surface area contributed by atoms with E-state index in [4.69, 9.17) is 17.3 Å². The highest BCUT2D eigenvalue weighted by atomic mass is 35.5. The quantitative estimate of drug-likeness (QED) is 0.457. The molecule has 114 valence electrons. The summed E-state index contributed by atoms with van der Waals surface area (Å²) in [5, 5.41) is 13.3. The molecule has 0 heterocycles. The van der Waals surface area contributed by atoms with Crippen LogP contribution in [0.1, 0.15) is 18.0 Å². The van der Waals surface area contributed by atoms with Crippen LogP contribution < -0.4 is 11.1 Å². The van der Waals surface area contributed by atoms with Crippen molar-refractivity contribution in [1.29, 1.82) is 0 Å². The van der Waals surface area contributed by atoms with Crippen molar-refractivity contribution in [3.63, 3.8) is 0 Å². The van der Waals surface area contributed by atoms with Gasteiger partial charge in [0.05, 0.1) is 31.0 Å². The molecule has 1 atom stereocenters. The van der Waals surface area contributed by atoms with Gasteiger partial charge in [-0.2, -0.15) is 0 Å². The van der Waals surface area contributed by atoms with Crippen LogP contribution in [-0.2, 0) is 14.3 Å². The first-order valence-electron chi connectivity index (χ1n) is 5.89. The van der Waals surface area contributed by atoms with Crippen LogP contribution in [0, 0.1) is 10.1 Å². The number of rotatable bonds is 6. The van der Waals surface area contributed by atoms with Crippen LogP contribution >= 0.6 is 11.6 Å². The number of nitrogens with one attached hydrogen (secondary N) is 1. The maximum absolute atomic E-state index is 11.4. The number of halogens is 1. The highest BCUT2D eigenvalue weighted by Crippen LogP contribution is 2.29. The van der Waals surface area contributed by atoms with Crippen LogP contribution in [0.15, 0.2) is 18.2 Å². The Bertz CT molecular complexity index is 546. The Kier molecular flexibility index (Phi) is 6.07. The summed E-state index contributed by atoms with van der Waals surface area (Å²) in [6.45, 7) is -0.270. The van der Waals surface area contributed by atoms with Crippen LogP contribution in [0.4, 0.5) is 5.69 Å². The molecule has 21 heavy (non-hydrogen) atoms. The van der Waals surface area contributed by atoms with Crippen molar-refractivity contribution in [2.24, 2.45) is 5.73 Å². The Balaban J connectivity index is 3.12. The molecule has 0 aromatic heterocycles. The number of hydrogen-bond donors (Lipinski definition) is 2. The third-order valence-corrected chi connectivity index (χ3v) is 3.01. The average molecular weight is 316 g/mol. The van der Waals surface area contributed by atoms with Gasteiger partial charge < -0.3 is 15.8 Å². The summed E-state index contributed by atoms with van der Waals surface area (Å²) in [7, 11) is 1.20. The van der Waals surface area contributed by atoms with Gasteiger partial charge in [-0.15, -0.1) is 0 Å². The molecule has 0 aliphatic rings. The first-order chi connectivity index (χ1) is 9.88. The minimum Gasteiger partial charge on any atom is -0.469 e. The molecular weight excluding hydrogens is 302 g/mol. The van der Waals surface area contributed by atoms with E-state index in [0.29, 0.717) is 5.56 Å². The predicted octanol–water partition coefficient (Wildman–Crippen LogP) is 0.927. The first-order valence-corrected chi connectivity index (χ1v) is 6.27. The van der Waals surface area contributed by atoms with Gasteiger partial charge >= 0.3 is 5.97 Å². The topological polar surface area (TPSA) is 125 Å². The third-order valence-electron chi connectivity index (χ3n) is 2.69. The van der Waals surface area contributed by atoms with Crippen molar-refractivity contribution < 1.29 is 19.2 Å². The maximum Gasteiger partial charge on any atom is 0.307 e. The molecule has 0 aliphatic carbocycles. The molecule has 0 saturated carbocycles. The Hall–Kier alpha value is -2.19. The number of nitro groups is 1. The fourth-order valence-electron chi connectivity index (χ4n) is 1.64. The second kappa shape index (κ2) is 7.55. The average Bonchev–Trinajstić information content (AvgIpc) is 2.46. The van der Waals surface area contributed by atoms with E-state index < -0.39 is 22.8 Å². The Morgan fingerprint density at radius 2 is 2.19 bits per heavy atom. The summed E-state index contributed by atoms with van der Waals surface area (Å²) in [5.74, 6) is -1.07. The van der Waals surface area contributed by atoms with Gasteiger partial charge in [-0.25, -0.2) is 0 Å². The molecule has 0 spiro atoms. The summed E-state index contributed by atoms with van der Waals surface area (Å²) in [6.07, 6.45) is -0.180. The molecule has 0 bridgehead atoms. The molecule has 1 aromatic rings. The van der Waals surface area contributed by atoms with E-state index in [0.717, 1.165) is 0 Å². The maximum atomic E-state index is 11.4. The molecule has 8 nitrogen and oxygen atoms in total. The Morgan fingerprint density at radius 1 is 1.52 bits per heavy atom. The number of ether oxygens (including phenoxy) is 1. The van der Waals surface area contributed by atoms with Gasteiger partial charge in [-0.1, -0.05) is 17.7 Å². The summed E-state index contributed by atoms with van der Waals surface area (Å²) >= 11 is 5.72. The molecule has 1 amide bonds. The second-order valence-corrected chi connectivity index (χ2v) is 4.48. The molecule has 0 radical (unpaired) electrons. The Labute approximate surface area is 125 Å². The minimum absolute atomic E-state index is 0.0364. The summed E-state index contributed by atoms with van der Waals surface area (Å²) in [6, 6.07) is 3.23. The van der Waals surface area contributed by atoms with Crippen molar-refractivity contribution in [2.45, 2.75) is 12.5 Å². The number of carbonyl (C=O) groups is 2. The lowest BCUT2D eigenvalue weighted by Crippen LogP contribution is -2.35. The fraction of sp³-hybridized carbons (Fsp3) is 0.333. The highest BCUT2D eigenvalue weighted by Gasteiger charge is 2.22. The molecule has 0 fully saturated rings. The van der Waals surface area contributed by atoms with E-state index in [1.165, 1.54) is 25.3 Å². The summed E-state index contributed by atoms with van der Waals surface area (Å²) < 4.78 is 4.54. The number of methoxy groups -OCH3 is 1. The fourth-order valence-corrected chi connectivity index (χ4v) is 1.83. The van der Waals surface area contributed by atoms with E-state index in [-0.39, 0.29) is 23.7 Å². The molecule has 1 rings (SSSR count). The molecule has 0 aliphatic heterocycles. The molecular formula is C12H14ClN3O5. The summed E-state index contributed by atoms with van der Waals surface area (Å²) in [5.41, 5.74) is 5.25. The Morgan fingerprint density at radius 3 is 2.71 bits per heavy atom. The number of nitro benzene ring substituents is 1. The van der Waals surface area contributed by atoms with Crippen molar-refractivity contribution in [1.82, 2.24) is 5.32 Å². The number of nitrogens with zero attached hydrogens (tertiary/aromatic N) is 1. The monoisotopic (exact) mass is 315 g/mol. The number of amides is 1. The van der Waals surface area contributed by atoms with Gasteiger partial charge in [0.25, 0.3) is 5.69 Å². The van der Waals surface area contributed by atoms with Crippen molar-refractivity contribution >= 4 is 29.2 Å². The highest BCUT2D eigenvalue weighted by molar-refractivity contribution is 6.32. The molecule has 1 unspecified atom stereocenters. The molecule has 0 saturated heterocycles. The van der Waals surface area contributed by atoms with E-state index in [2.05, 4.69) is 10.1 Å². The predicted molar refractivity (Wildman–Crippen MR) is 74.7 cm³/mol. The van der Waals surface area contributed by atoms with E-state index >= 15 is 0 Å². The van der Waals surface area contributed by atoms with Gasteiger partial charge in [0.15, 0.2) is 0 Å².